The van der Waals surface area contributed by atoms with Gasteiger partial charge in [0.05, 0.1) is 19.6 Å². The van der Waals surface area contributed by atoms with Crippen LogP contribution in [0.25, 0.3) is 0 Å². The summed E-state index contributed by atoms with van der Waals surface area (Å²) in [7, 11) is 0. The molecule has 0 bridgehead atoms. The minimum Gasteiger partial charge on any atom is -0.493 e. The molecule has 3 rings (SSSR count). The molecule has 0 aliphatic carbocycles. The van der Waals surface area contributed by atoms with Crippen LogP contribution in [0.4, 0.5) is 10.5 Å². The van der Waals surface area contributed by atoms with Crippen LogP contribution in [0.15, 0.2) is 42.5 Å². The second-order valence-corrected chi connectivity index (χ2v) is 8.42. The molecular weight excluding hydrogens is 380 g/mol. The monoisotopic (exact) mass is 410 g/mol. The maximum absolute atomic E-state index is 12.7. The lowest BCUT2D eigenvalue weighted by molar-refractivity contribution is -0.115. The maximum atomic E-state index is 12.7. The molecule has 0 saturated carbocycles. The zero-order valence-corrected chi connectivity index (χ0v) is 18.2. The summed E-state index contributed by atoms with van der Waals surface area (Å²) in [4.78, 5) is 26.8. The number of amides is 2. The highest BCUT2D eigenvalue weighted by molar-refractivity contribution is 5.93. The van der Waals surface area contributed by atoms with Crippen LogP contribution in [0.1, 0.15) is 44.4 Å². The quantitative estimate of drug-likeness (QED) is 0.758. The Bertz CT molecular complexity index is 918. The topological polar surface area (TPSA) is 67.9 Å². The second kappa shape index (κ2) is 9.20. The number of carbonyl (C=O) groups excluding carboxylic acids is 2. The molecule has 0 atom stereocenters. The van der Waals surface area contributed by atoms with Gasteiger partial charge in [-0.15, -0.1) is 0 Å². The number of fused-ring (bicyclic) bond motifs is 1. The zero-order valence-electron chi connectivity index (χ0n) is 18.2. The molecule has 6 heteroatoms. The van der Waals surface area contributed by atoms with Gasteiger partial charge in [0.25, 0.3) is 0 Å². The standard InChI is InChI=1S/C24H30N2O4/c1-5-26(23(28)30-24(2,3)4)16-19-8-6-7-9-20(19)25-22(27)15-17-10-11-21-18(14-17)12-13-29-21/h6-11,14H,5,12-13,15-16H2,1-4H3,(H,25,27). The molecule has 2 aromatic rings. The zero-order chi connectivity index (χ0) is 21.7. The molecule has 30 heavy (non-hydrogen) atoms. The fourth-order valence-electron chi connectivity index (χ4n) is 3.35. The molecule has 1 N–H and O–H groups in total. The summed E-state index contributed by atoms with van der Waals surface area (Å²) in [5.41, 5.74) is 3.11. The van der Waals surface area contributed by atoms with E-state index in [2.05, 4.69) is 5.32 Å². The third kappa shape index (κ3) is 5.75. The van der Waals surface area contributed by atoms with Gasteiger partial charge >= 0.3 is 6.09 Å². The first-order chi connectivity index (χ1) is 14.2. The summed E-state index contributed by atoms with van der Waals surface area (Å²) in [5, 5.41) is 2.99. The maximum Gasteiger partial charge on any atom is 0.410 e. The molecule has 2 amide bonds. The van der Waals surface area contributed by atoms with Crippen LogP contribution in [-0.2, 0) is 28.9 Å². The number of nitrogens with zero attached hydrogens (tertiary/aromatic N) is 1. The number of rotatable bonds is 6. The van der Waals surface area contributed by atoms with Crippen molar-refractivity contribution in [3.8, 4) is 5.75 Å². The third-order valence-electron chi connectivity index (χ3n) is 4.80. The molecule has 160 valence electrons. The van der Waals surface area contributed by atoms with Crippen LogP contribution in [0.2, 0.25) is 0 Å². The number of anilines is 1. The molecule has 0 aromatic heterocycles. The normalized spacial score (nSPS) is 12.7. The van der Waals surface area contributed by atoms with Crippen LogP contribution >= 0.6 is 0 Å². The molecule has 0 radical (unpaired) electrons. The van der Waals surface area contributed by atoms with E-state index < -0.39 is 5.60 Å². The van der Waals surface area contributed by atoms with Crippen LogP contribution in [0, 0.1) is 0 Å². The largest absolute Gasteiger partial charge is 0.493 e. The van der Waals surface area contributed by atoms with Crippen molar-refractivity contribution in [3.05, 3.63) is 59.2 Å². The number of benzene rings is 2. The lowest BCUT2D eigenvalue weighted by Crippen LogP contribution is -2.36. The number of hydrogen-bond donors (Lipinski definition) is 1. The van der Waals surface area contributed by atoms with Crippen molar-refractivity contribution < 1.29 is 19.1 Å². The smallest absolute Gasteiger partial charge is 0.410 e. The van der Waals surface area contributed by atoms with Gasteiger partial charge in [-0.3, -0.25) is 4.79 Å². The predicted molar refractivity (Wildman–Crippen MR) is 117 cm³/mol. The molecule has 0 fully saturated rings. The minimum absolute atomic E-state index is 0.0957. The molecule has 0 saturated heterocycles. The van der Waals surface area contributed by atoms with E-state index in [1.165, 1.54) is 0 Å². The van der Waals surface area contributed by atoms with E-state index in [-0.39, 0.29) is 18.4 Å². The number of hydrogen-bond acceptors (Lipinski definition) is 4. The van der Waals surface area contributed by atoms with Crippen molar-refractivity contribution in [1.29, 1.82) is 0 Å². The molecule has 1 aliphatic heterocycles. The Morgan fingerprint density at radius 3 is 2.67 bits per heavy atom. The van der Waals surface area contributed by atoms with Crippen LogP contribution in [-0.4, -0.2) is 35.7 Å². The third-order valence-corrected chi connectivity index (χ3v) is 4.80. The first kappa shape index (κ1) is 21.7. The Kier molecular flexibility index (Phi) is 6.65. The highest BCUT2D eigenvalue weighted by atomic mass is 16.6. The van der Waals surface area contributed by atoms with E-state index in [1.54, 1.807) is 4.90 Å². The van der Waals surface area contributed by atoms with E-state index in [9.17, 15) is 9.59 Å². The van der Waals surface area contributed by atoms with Gasteiger partial charge in [0.1, 0.15) is 11.4 Å². The fraction of sp³-hybridized carbons (Fsp3) is 0.417. The number of para-hydroxylation sites is 1. The first-order valence-electron chi connectivity index (χ1n) is 10.4. The van der Waals surface area contributed by atoms with Crippen molar-refractivity contribution in [2.75, 3.05) is 18.5 Å². The molecule has 0 spiro atoms. The minimum atomic E-state index is -0.556. The first-order valence-corrected chi connectivity index (χ1v) is 10.4. The Morgan fingerprint density at radius 2 is 1.93 bits per heavy atom. The van der Waals surface area contributed by atoms with Crippen molar-refractivity contribution in [2.45, 2.75) is 52.7 Å². The van der Waals surface area contributed by atoms with Gasteiger partial charge < -0.3 is 19.7 Å². The number of nitrogens with one attached hydrogen (secondary N) is 1. The lowest BCUT2D eigenvalue weighted by Gasteiger charge is -2.27. The molecule has 6 nitrogen and oxygen atoms in total. The van der Waals surface area contributed by atoms with Crippen LogP contribution < -0.4 is 10.1 Å². The molecular formula is C24H30N2O4. The van der Waals surface area contributed by atoms with E-state index in [4.69, 9.17) is 9.47 Å². The number of ether oxygens (including phenoxy) is 2. The Balaban J connectivity index is 1.67. The van der Waals surface area contributed by atoms with Gasteiger partial charge in [-0.25, -0.2) is 4.79 Å². The summed E-state index contributed by atoms with van der Waals surface area (Å²) in [6, 6.07) is 13.4. The van der Waals surface area contributed by atoms with Gasteiger partial charge in [-0.05, 0) is 56.5 Å². The average molecular weight is 411 g/mol. The second-order valence-electron chi connectivity index (χ2n) is 8.42. The summed E-state index contributed by atoms with van der Waals surface area (Å²) >= 11 is 0. The highest BCUT2D eigenvalue weighted by Crippen LogP contribution is 2.26. The van der Waals surface area contributed by atoms with Crippen molar-refractivity contribution >= 4 is 17.7 Å². The average Bonchev–Trinajstić information content (AvgIpc) is 3.13. The van der Waals surface area contributed by atoms with E-state index >= 15 is 0 Å². The van der Waals surface area contributed by atoms with E-state index in [0.717, 1.165) is 28.9 Å². The Labute approximate surface area is 178 Å². The van der Waals surface area contributed by atoms with Crippen LogP contribution in [0.3, 0.4) is 0 Å². The molecule has 2 aromatic carbocycles. The highest BCUT2D eigenvalue weighted by Gasteiger charge is 2.22. The predicted octanol–water partition coefficient (Wildman–Crippen LogP) is 4.56. The van der Waals surface area contributed by atoms with Gasteiger partial charge in [0, 0.05) is 18.7 Å². The Morgan fingerprint density at radius 1 is 1.17 bits per heavy atom. The van der Waals surface area contributed by atoms with Gasteiger partial charge in [-0.1, -0.05) is 30.3 Å². The van der Waals surface area contributed by atoms with Crippen molar-refractivity contribution in [1.82, 2.24) is 4.90 Å². The Hall–Kier alpha value is -3.02. The van der Waals surface area contributed by atoms with E-state index in [0.29, 0.717) is 25.4 Å². The summed E-state index contributed by atoms with van der Waals surface area (Å²) in [6.45, 7) is 9.01. The number of carbonyl (C=O) groups is 2. The summed E-state index contributed by atoms with van der Waals surface area (Å²) < 4.78 is 11.0. The van der Waals surface area contributed by atoms with Gasteiger partial charge in [0.15, 0.2) is 0 Å². The molecule has 1 aliphatic rings. The SMILES string of the molecule is CCN(Cc1ccccc1NC(=O)Cc1ccc2c(c1)CCO2)C(=O)OC(C)(C)C. The van der Waals surface area contributed by atoms with Gasteiger partial charge in [0.2, 0.25) is 5.91 Å². The lowest BCUT2D eigenvalue weighted by atomic mass is 10.1. The summed E-state index contributed by atoms with van der Waals surface area (Å²) in [6.07, 6.45) is 0.794. The summed E-state index contributed by atoms with van der Waals surface area (Å²) in [5.74, 6) is 0.813. The van der Waals surface area contributed by atoms with Crippen LogP contribution in [0.5, 0.6) is 5.75 Å². The van der Waals surface area contributed by atoms with Gasteiger partial charge in [-0.2, -0.15) is 0 Å². The van der Waals surface area contributed by atoms with Crippen molar-refractivity contribution in [3.63, 3.8) is 0 Å². The van der Waals surface area contributed by atoms with E-state index in [1.807, 2.05) is 70.2 Å². The van der Waals surface area contributed by atoms with Crippen molar-refractivity contribution in [2.24, 2.45) is 0 Å². The molecule has 0 unspecified atom stereocenters. The fourth-order valence-corrected chi connectivity index (χ4v) is 3.35. The molecule has 1 heterocycles.